The molecule has 0 fully saturated rings. The number of hydrogen-bond acceptors (Lipinski definition) is 2. The highest BCUT2D eigenvalue weighted by atomic mass is 16.5. The molecule has 1 aromatic rings. The monoisotopic (exact) mass is 192 g/mol. The number of carbonyl (C=O) groups excluding carboxylic acids is 1. The van der Waals surface area contributed by atoms with E-state index < -0.39 is 0 Å². The number of ether oxygens (including phenoxy) is 1. The van der Waals surface area contributed by atoms with Gasteiger partial charge in [0.1, 0.15) is 5.75 Å². The fraction of sp³-hybridized carbons (Fsp3) is 0.417. The van der Waals surface area contributed by atoms with Gasteiger partial charge in [-0.05, 0) is 51.0 Å². The third kappa shape index (κ3) is 2.59. The van der Waals surface area contributed by atoms with Gasteiger partial charge in [0.2, 0.25) is 0 Å². The summed E-state index contributed by atoms with van der Waals surface area (Å²) >= 11 is 0. The zero-order chi connectivity index (χ0) is 10.7. The standard InChI is InChI=1S/C12H16O2/c1-8-5-6-12(7-9(8)2)14-11(4)10(3)13/h5-7,11H,1-4H3. The molecule has 0 bridgehead atoms. The molecule has 0 aliphatic carbocycles. The average molecular weight is 192 g/mol. The van der Waals surface area contributed by atoms with E-state index in [1.54, 1.807) is 6.92 Å². The lowest BCUT2D eigenvalue weighted by Gasteiger charge is -2.12. The van der Waals surface area contributed by atoms with Crippen LogP contribution in [0.4, 0.5) is 0 Å². The molecule has 1 unspecified atom stereocenters. The number of ketones is 1. The molecule has 14 heavy (non-hydrogen) atoms. The van der Waals surface area contributed by atoms with Gasteiger partial charge in [0.15, 0.2) is 11.9 Å². The molecule has 2 heteroatoms. The van der Waals surface area contributed by atoms with E-state index in [1.165, 1.54) is 18.1 Å². The molecule has 0 amide bonds. The van der Waals surface area contributed by atoms with Crippen molar-refractivity contribution in [3.8, 4) is 5.75 Å². The molecule has 2 nitrogen and oxygen atoms in total. The van der Waals surface area contributed by atoms with Crippen molar-refractivity contribution in [1.29, 1.82) is 0 Å². The van der Waals surface area contributed by atoms with Crippen LogP contribution in [0.1, 0.15) is 25.0 Å². The van der Waals surface area contributed by atoms with E-state index in [0.717, 1.165) is 5.75 Å². The average Bonchev–Trinajstić information content (AvgIpc) is 2.11. The first-order chi connectivity index (χ1) is 6.50. The topological polar surface area (TPSA) is 26.3 Å². The van der Waals surface area contributed by atoms with E-state index in [-0.39, 0.29) is 11.9 Å². The highest BCUT2D eigenvalue weighted by Crippen LogP contribution is 2.17. The minimum atomic E-state index is -0.364. The number of hydrogen-bond donors (Lipinski definition) is 0. The molecular formula is C12H16O2. The van der Waals surface area contributed by atoms with Gasteiger partial charge in [-0.3, -0.25) is 4.79 Å². The van der Waals surface area contributed by atoms with Crippen LogP contribution in [-0.2, 0) is 4.79 Å². The Kier molecular flexibility index (Phi) is 3.28. The summed E-state index contributed by atoms with van der Waals surface area (Å²) in [7, 11) is 0. The molecule has 1 atom stereocenters. The number of benzene rings is 1. The summed E-state index contributed by atoms with van der Waals surface area (Å²) in [4.78, 5) is 11.0. The van der Waals surface area contributed by atoms with Crippen molar-refractivity contribution in [2.45, 2.75) is 33.8 Å². The van der Waals surface area contributed by atoms with Crippen molar-refractivity contribution in [3.05, 3.63) is 29.3 Å². The molecular weight excluding hydrogens is 176 g/mol. The third-order valence-electron chi connectivity index (χ3n) is 2.36. The first kappa shape index (κ1) is 10.8. The van der Waals surface area contributed by atoms with Gasteiger partial charge in [-0.2, -0.15) is 0 Å². The highest BCUT2D eigenvalue weighted by Gasteiger charge is 2.08. The van der Waals surface area contributed by atoms with Crippen LogP contribution in [-0.4, -0.2) is 11.9 Å². The van der Waals surface area contributed by atoms with Crippen molar-refractivity contribution in [2.24, 2.45) is 0 Å². The van der Waals surface area contributed by atoms with Crippen molar-refractivity contribution in [1.82, 2.24) is 0 Å². The zero-order valence-electron chi connectivity index (χ0n) is 9.13. The Balaban J connectivity index is 2.78. The van der Waals surface area contributed by atoms with Crippen LogP contribution in [0, 0.1) is 13.8 Å². The summed E-state index contributed by atoms with van der Waals surface area (Å²) in [5, 5.41) is 0. The van der Waals surface area contributed by atoms with Crippen molar-refractivity contribution in [2.75, 3.05) is 0 Å². The molecule has 0 saturated carbocycles. The van der Waals surface area contributed by atoms with E-state index in [2.05, 4.69) is 0 Å². The normalized spacial score (nSPS) is 12.3. The first-order valence-electron chi connectivity index (χ1n) is 4.75. The Hall–Kier alpha value is -1.31. The molecule has 0 N–H and O–H groups in total. The minimum Gasteiger partial charge on any atom is -0.483 e. The van der Waals surface area contributed by atoms with Gasteiger partial charge in [-0.25, -0.2) is 0 Å². The van der Waals surface area contributed by atoms with Crippen LogP contribution in [0.5, 0.6) is 5.75 Å². The summed E-state index contributed by atoms with van der Waals surface area (Å²) in [5.41, 5.74) is 2.41. The molecule has 1 rings (SSSR count). The van der Waals surface area contributed by atoms with Gasteiger partial charge in [0, 0.05) is 0 Å². The number of rotatable bonds is 3. The van der Waals surface area contributed by atoms with Gasteiger partial charge in [0.05, 0.1) is 0 Å². The van der Waals surface area contributed by atoms with Crippen LogP contribution >= 0.6 is 0 Å². The summed E-state index contributed by atoms with van der Waals surface area (Å²) in [6.45, 7) is 7.37. The largest absolute Gasteiger partial charge is 0.483 e. The van der Waals surface area contributed by atoms with E-state index in [9.17, 15) is 4.79 Å². The number of carbonyl (C=O) groups is 1. The first-order valence-corrected chi connectivity index (χ1v) is 4.75. The quantitative estimate of drug-likeness (QED) is 0.736. The molecule has 0 aliphatic heterocycles. The van der Waals surface area contributed by atoms with Gasteiger partial charge in [-0.1, -0.05) is 6.07 Å². The van der Waals surface area contributed by atoms with Crippen molar-refractivity contribution >= 4 is 5.78 Å². The fourth-order valence-electron chi connectivity index (χ4n) is 1.07. The molecule has 0 aliphatic rings. The lowest BCUT2D eigenvalue weighted by molar-refractivity contribution is -0.122. The Morgan fingerprint density at radius 2 is 1.93 bits per heavy atom. The second-order valence-corrected chi connectivity index (χ2v) is 3.62. The van der Waals surface area contributed by atoms with Crippen LogP contribution < -0.4 is 4.74 Å². The van der Waals surface area contributed by atoms with E-state index in [4.69, 9.17) is 4.74 Å². The second kappa shape index (κ2) is 4.27. The third-order valence-corrected chi connectivity index (χ3v) is 2.36. The lowest BCUT2D eigenvalue weighted by Crippen LogP contribution is -2.20. The Bertz CT molecular complexity index is 342. The number of aryl methyl sites for hydroxylation is 2. The molecule has 1 aromatic carbocycles. The zero-order valence-corrected chi connectivity index (χ0v) is 9.13. The highest BCUT2D eigenvalue weighted by molar-refractivity contribution is 5.80. The van der Waals surface area contributed by atoms with Crippen molar-refractivity contribution in [3.63, 3.8) is 0 Å². The summed E-state index contributed by atoms with van der Waals surface area (Å²) in [5.74, 6) is 0.805. The summed E-state index contributed by atoms with van der Waals surface area (Å²) in [6.07, 6.45) is -0.364. The predicted octanol–water partition coefficient (Wildman–Crippen LogP) is 2.66. The molecule has 0 heterocycles. The van der Waals surface area contributed by atoms with Gasteiger partial charge < -0.3 is 4.74 Å². The Morgan fingerprint density at radius 1 is 1.29 bits per heavy atom. The molecule has 76 valence electrons. The maximum absolute atomic E-state index is 11.0. The van der Waals surface area contributed by atoms with E-state index in [0.29, 0.717) is 0 Å². The van der Waals surface area contributed by atoms with Gasteiger partial charge in [0.25, 0.3) is 0 Å². The number of Topliss-reactive ketones (excluding diaryl/α,β-unsaturated/α-hetero) is 1. The SMILES string of the molecule is CC(=O)C(C)Oc1ccc(C)c(C)c1. The van der Waals surface area contributed by atoms with Crippen LogP contribution in [0.25, 0.3) is 0 Å². The maximum Gasteiger partial charge on any atom is 0.169 e. The molecule has 0 saturated heterocycles. The van der Waals surface area contributed by atoms with Crippen LogP contribution in [0.2, 0.25) is 0 Å². The lowest BCUT2D eigenvalue weighted by atomic mass is 10.1. The summed E-state index contributed by atoms with van der Waals surface area (Å²) in [6, 6.07) is 5.84. The molecule has 0 aromatic heterocycles. The predicted molar refractivity (Wildman–Crippen MR) is 56.7 cm³/mol. The molecule has 0 radical (unpaired) electrons. The Labute approximate surface area is 84.9 Å². The summed E-state index contributed by atoms with van der Waals surface area (Å²) < 4.78 is 5.46. The fourth-order valence-corrected chi connectivity index (χ4v) is 1.07. The van der Waals surface area contributed by atoms with Crippen molar-refractivity contribution < 1.29 is 9.53 Å². The van der Waals surface area contributed by atoms with Gasteiger partial charge >= 0.3 is 0 Å². The van der Waals surface area contributed by atoms with E-state index in [1.807, 2.05) is 32.0 Å². The maximum atomic E-state index is 11.0. The van der Waals surface area contributed by atoms with Gasteiger partial charge in [-0.15, -0.1) is 0 Å². The smallest absolute Gasteiger partial charge is 0.169 e. The van der Waals surface area contributed by atoms with Crippen LogP contribution in [0.15, 0.2) is 18.2 Å². The van der Waals surface area contributed by atoms with Crippen LogP contribution in [0.3, 0.4) is 0 Å². The Morgan fingerprint density at radius 3 is 2.43 bits per heavy atom. The minimum absolute atomic E-state index is 0.0447. The second-order valence-electron chi connectivity index (χ2n) is 3.62. The molecule has 0 spiro atoms. The van der Waals surface area contributed by atoms with E-state index >= 15 is 0 Å².